The Labute approximate surface area is 106 Å². The molecule has 1 aliphatic heterocycles. The van der Waals surface area contributed by atoms with Crippen molar-refractivity contribution in [2.75, 3.05) is 6.61 Å². The number of benzene rings is 1. The normalized spacial score (nSPS) is 20.6. The van der Waals surface area contributed by atoms with Crippen LogP contribution in [0.2, 0.25) is 0 Å². The van der Waals surface area contributed by atoms with Gasteiger partial charge in [0.05, 0.1) is 6.61 Å². The highest BCUT2D eigenvalue weighted by Gasteiger charge is 2.24. The van der Waals surface area contributed by atoms with E-state index in [1.54, 1.807) is 0 Å². The fourth-order valence-corrected chi connectivity index (χ4v) is 2.43. The molecule has 1 nitrogen and oxygen atoms in total. The van der Waals surface area contributed by atoms with Gasteiger partial charge in [-0.25, -0.2) is 0 Å². The van der Waals surface area contributed by atoms with Gasteiger partial charge < -0.3 is 4.74 Å². The van der Waals surface area contributed by atoms with Crippen molar-refractivity contribution >= 4 is 15.9 Å². The van der Waals surface area contributed by atoms with E-state index in [2.05, 4.69) is 48.0 Å². The van der Waals surface area contributed by atoms with E-state index in [0.717, 1.165) is 12.4 Å². The Hall–Kier alpha value is -0.500. The van der Waals surface area contributed by atoms with Gasteiger partial charge in [-0.15, -0.1) is 0 Å². The maximum Gasteiger partial charge on any atom is 0.122 e. The van der Waals surface area contributed by atoms with Crippen LogP contribution in [0.3, 0.4) is 0 Å². The second kappa shape index (κ2) is 5.22. The lowest BCUT2D eigenvalue weighted by Crippen LogP contribution is -2.10. The number of halogens is 1. The molecule has 2 atom stereocenters. The smallest absolute Gasteiger partial charge is 0.122 e. The van der Waals surface area contributed by atoms with Crippen LogP contribution in [0.4, 0.5) is 0 Å². The second-order valence-electron chi connectivity index (χ2n) is 4.88. The van der Waals surface area contributed by atoms with Crippen LogP contribution in [0.5, 0.6) is 5.75 Å². The minimum absolute atomic E-state index is 0.593. The van der Waals surface area contributed by atoms with Gasteiger partial charge in [-0.2, -0.15) is 0 Å². The predicted octanol–water partition coefficient (Wildman–Crippen LogP) is 4.36. The van der Waals surface area contributed by atoms with Crippen LogP contribution in [0, 0.1) is 5.92 Å². The lowest BCUT2D eigenvalue weighted by molar-refractivity contribution is 0.321. The highest BCUT2D eigenvalue weighted by Crippen LogP contribution is 2.37. The highest BCUT2D eigenvalue weighted by atomic mass is 79.9. The Bertz CT molecular complexity index is 348. The Morgan fingerprint density at radius 2 is 2.12 bits per heavy atom. The number of hydrogen-bond donors (Lipinski definition) is 0. The lowest BCUT2D eigenvalue weighted by atomic mass is 9.93. The zero-order valence-corrected chi connectivity index (χ0v) is 11.5. The van der Waals surface area contributed by atoms with Gasteiger partial charge in [0.15, 0.2) is 0 Å². The van der Waals surface area contributed by atoms with Gasteiger partial charge >= 0.3 is 0 Å². The summed E-state index contributed by atoms with van der Waals surface area (Å²) in [6.45, 7) is 5.38. The van der Waals surface area contributed by atoms with Gasteiger partial charge in [0.1, 0.15) is 5.75 Å². The average Bonchev–Trinajstić information content (AvgIpc) is 2.69. The van der Waals surface area contributed by atoms with Crippen molar-refractivity contribution in [3.05, 3.63) is 29.8 Å². The first-order chi connectivity index (χ1) is 7.68. The van der Waals surface area contributed by atoms with E-state index >= 15 is 0 Å². The zero-order chi connectivity index (χ0) is 11.5. The first-order valence-electron chi connectivity index (χ1n) is 6.04. The van der Waals surface area contributed by atoms with Crippen LogP contribution in [-0.2, 0) is 0 Å². The summed E-state index contributed by atoms with van der Waals surface area (Å²) in [5.74, 6) is 2.38. The van der Waals surface area contributed by atoms with E-state index in [1.165, 1.54) is 18.4 Å². The van der Waals surface area contributed by atoms with Crippen LogP contribution in [-0.4, -0.2) is 11.4 Å². The summed E-state index contributed by atoms with van der Waals surface area (Å²) in [5, 5.41) is 0. The molecule has 0 fully saturated rings. The van der Waals surface area contributed by atoms with Crippen LogP contribution < -0.4 is 4.74 Å². The molecule has 1 aromatic carbocycles. The fraction of sp³-hybridized carbons (Fsp3) is 0.571. The topological polar surface area (TPSA) is 9.23 Å². The van der Waals surface area contributed by atoms with E-state index in [1.807, 2.05) is 6.07 Å². The number of ether oxygens (including phenoxy) is 1. The second-order valence-corrected chi connectivity index (χ2v) is 6.06. The third-order valence-corrected chi connectivity index (χ3v) is 4.83. The molecule has 0 saturated carbocycles. The monoisotopic (exact) mass is 282 g/mol. The summed E-state index contributed by atoms with van der Waals surface area (Å²) in [6, 6.07) is 8.42. The van der Waals surface area contributed by atoms with Gasteiger partial charge in [-0.1, -0.05) is 48.0 Å². The van der Waals surface area contributed by atoms with E-state index in [0.29, 0.717) is 16.7 Å². The van der Waals surface area contributed by atoms with Crippen molar-refractivity contribution < 1.29 is 4.74 Å². The largest absolute Gasteiger partial charge is 0.493 e. The summed E-state index contributed by atoms with van der Waals surface area (Å²) in [7, 11) is 0. The zero-order valence-electron chi connectivity index (χ0n) is 9.95. The number of alkyl halides is 1. The SMILES string of the molecule is CC(C)C(Br)CCC1COc2ccccc21. The summed E-state index contributed by atoms with van der Waals surface area (Å²) in [5.41, 5.74) is 1.39. The molecule has 16 heavy (non-hydrogen) atoms. The molecule has 0 amide bonds. The number of hydrogen-bond acceptors (Lipinski definition) is 1. The Balaban J connectivity index is 1.93. The lowest BCUT2D eigenvalue weighted by Gasteiger charge is -2.15. The van der Waals surface area contributed by atoms with Crippen LogP contribution >= 0.6 is 15.9 Å². The molecule has 0 bridgehead atoms. The molecular formula is C14H19BrO. The summed E-state index contributed by atoms with van der Waals surface area (Å²) in [6.07, 6.45) is 2.44. The molecule has 2 unspecified atom stereocenters. The predicted molar refractivity (Wildman–Crippen MR) is 71.5 cm³/mol. The Morgan fingerprint density at radius 3 is 2.88 bits per heavy atom. The van der Waals surface area contributed by atoms with Gasteiger partial charge in [-0.3, -0.25) is 0 Å². The van der Waals surface area contributed by atoms with Crippen molar-refractivity contribution in [1.82, 2.24) is 0 Å². The molecule has 2 heteroatoms. The van der Waals surface area contributed by atoms with Crippen LogP contribution in [0.25, 0.3) is 0 Å². The van der Waals surface area contributed by atoms with E-state index in [4.69, 9.17) is 4.74 Å². The van der Waals surface area contributed by atoms with E-state index in [9.17, 15) is 0 Å². The van der Waals surface area contributed by atoms with E-state index < -0.39 is 0 Å². The van der Waals surface area contributed by atoms with Crippen molar-refractivity contribution in [3.8, 4) is 5.75 Å². The highest BCUT2D eigenvalue weighted by molar-refractivity contribution is 9.09. The van der Waals surface area contributed by atoms with Gasteiger partial charge in [0.25, 0.3) is 0 Å². The quantitative estimate of drug-likeness (QED) is 0.746. The molecule has 0 aliphatic carbocycles. The molecule has 1 aliphatic rings. The first-order valence-corrected chi connectivity index (χ1v) is 6.96. The molecular weight excluding hydrogens is 264 g/mol. The van der Waals surface area contributed by atoms with E-state index in [-0.39, 0.29) is 0 Å². The molecule has 1 aromatic rings. The summed E-state index contributed by atoms with van der Waals surface area (Å²) in [4.78, 5) is 0.625. The van der Waals surface area contributed by atoms with Crippen molar-refractivity contribution in [1.29, 1.82) is 0 Å². The Morgan fingerprint density at radius 1 is 1.38 bits per heavy atom. The standard InChI is InChI=1S/C14H19BrO/c1-10(2)13(15)8-7-11-9-16-14-6-4-3-5-12(11)14/h3-6,10-11,13H,7-9H2,1-2H3. The third kappa shape index (κ3) is 2.60. The first kappa shape index (κ1) is 12.0. The van der Waals surface area contributed by atoms with Gasteiger partial charge in [0, 0.05) is 16.3 Å². The summed E-state index contributed by atoms with van der Waals surface area (Å²) < 4.78 is 5.69. The van der Waals surface area contributed by atoms with Crippen molar-refractivity contribution in [3.63, 3.8) is 0 Å². The number of para-hydroxylation sites is 1. The molecule has 0 saturated heterocycles. The van der Waals surface area contributed by atoms with Crippen molar-refractivity contribution in [2.24, 2.45) is 5.92 Å². The molecule has 0 spiro atoms. The Kier molecular flexibility index (Phi) is 3.91. The van der Waals surface area contributed by atoms with Crippen LogP contribution in [0.1, 0.15) is 38.2 Å². The van der Waals surface area contributed by atoms with Gasteiger partial charge in [0.2, 0.25) is 0 Å². The minimum atomic E-state index is 0.593. The van der Waals surface area contributed by atoms with Gasteiger partial charge in [-0.05, 0) is 24.8 Å². The maximum absolute atomic E-state index is 5.69. The molecule has 0 N–H and O–H groups in total. The van der Waals surface area contributed by atoms with Crippen LogP contribution in [0.15, 0.2) is 24.3 Å². The molecule has 0 aromatic heterocycles. The fourth-order valence-electron chi connectivity index (χ4n) is 2.16. The molecule has 0 radical (unpaired) electrons. The average molecular weight is 283 g/mol. The third-order valence-electron chi connectivity index (χ3n) is 3.31. The molecule has 2 rings (SSSR count). The molecule has 1 heterocycles. The maximum atomic E-state index is 5.69. The number of fused-ring (bicyclic) bond motifs is 1. The summed E-state index contributed by atoms with van der Waals surface area (Å²) >= 11 is 3.75. The van der Waals surface area contributed by atoms with Crippen molar-refractivity contribution in [2.45, 2.75) is 37.4 Å². The molecule has 88 valence electrons. The minimum Gasteiger partial charge on any atom is -0.493 e. The number of rotatable bonds is 4.